The Morgan fingerprint density at radius 1 is 1.10 bits per heavy atom. The Kier molecular flexibility index (Phi) is 6.93. The van der Waals surface area contributed by atoms with E-state index in [0.29, 0.717) is 19.6 Å². The first-order chi connectivity index (χ1) is 13.9. The summed E-state index contributed by atoms with van der Waals surface area (Å²) in [5.41, 5.74) is 3.52. The van der Waals surface area contributed by atoms with Gasteiger partial charge >= 0.3 is 0 Å². The molecule has 1 aliphatic heterocycles. The van der Waals surface area contributed by atoms with Crippen LogP contribution in [0.1, 0.15) is 55.2 Å². The van der Waals surface area contributed by atoms with Crippen molar-refractivity contribution >= 4 is 17.7 Å². The van der Waals surface area contributed by atoms with E-state index in [1.165, 1.54) is 16.0 Å². The van der Waals surface area contributed by atoms with Crippen molar-refractivity contribution < 1.29 is 19.1 Å². The summed E-state index contributed by atoms with van der Waals surface area (Å²) in [5, 5.41) is 2.85. The minimum Gasteiger partial charge on any atom is -0.493 e. The van der Waals surface area contributed by atoms with E-state index in [-0.39, 0.29) is 42.5 Å². The molecule has 3 rings (SSSR count). The van der Waals surface area contributed by atoms with Crippen molar-refractivity contribution in [3.63, 3.8) is 0 Å². The van der Waals surface area contributed by atoms with Gasteiger partial charge in [0.05, 0.1) is 18.4 Å². The zero-order chi connectivity index (χ0) is 21.0. The number of nitrogens with one attached hydrogen (secondary N) is 1. The van der Waals surface area contributed by atoms with Crippen LogP contribution in [0.4, 0.5) is 0 Å². The average molecular weight is 401 g/mol. The number of nitrogens with zero attached hydrogens (tertiary/aromatic N) is 1. The molecule has 0 aromatic heterocycles. The lowest BCUT2D eigenvalue weighted by Gasteiger charge is -2.19. The Morgan fingerprint density at radius 3 is 2.41 bits per heavy atom. The molecule has 0 radical (unpaired) electrons. The number of benzene rings is 1. The Labute approximate surface area is 173 Å². The predicted octanol–water partition coefficient (Wildman–Crippen LogP) is 3.06. The van der Waals surface area contributed by atoms with Crippen molar-refractivity contribution in [1.82, 2.24) is 10.2 Å². The molecule has 29 heavy (non-hydrogen) atoms. The third-order valence-corrected chi connectivity index (χ3v) is 6.16. The summed E-state index contributed by atoms with van der Waals surface area (Å²) < 4.78 is 5.85. The van der Waals surface area contributed by atoms with E-state index in [1.807, 2.05) is 19.9 Å². The lowest BCUT2D eigenvalue weighted by molar-refractivity contribution is -0.140. The van der Waals surface area contributed by atoms with Crippen molar-refractivity contribution in [2.75, 3.05) is 19.7 Å². The van der Waals surface area contributed by atoms with Crippen LogP contribution >= 0.6 is 0 Å². The van der Waals surface area contributed by atoms with Gasteiger partial charge in [-0.25, -0.2) is 0 Å². The molecule has 1 aliphatic carbocycles. The monoisotopic (exact) mass is 400 g/mol. The molecule has 0 spiro atoms. The van der Waals surface area contributed by atoms with E-state index >= 15 is 0 Å². The topological polar surface area (TPSA) is 75.7 Å². The Bertz CT molecular complexity index is 765. The lowest BCUT2D eigenvalue weighted by atomic mass is 9.81. The number of amides is 3. The third-order valence-electron chi connectivity index (χ3n) is 6.16. The Hall–Kier alpha value is -2.37. The molecule has 1 saturated heterocycles. The highest BCUT2D eigenvalue weighted by Gasteiger charge is 2.47. The molecule has 6 heteroatoms. The summed E-state index contributed by atoms with van der Waals surface area (Å²) >= 11 is 0. The van der Waals surface area contributed by atoms with Gasteiger partial charge in [-0.3, -0.25) is 19.3 Å². The van der Waals surface area contributed by atoms with Crippen LogP contribution in [0.15, 0.2) is 12.1 Å². The molecule has 2 aliphatic rings. The molecule has 6 nitrogen and oxygen atoms in total. The van der Waals surface area contributed by atoms with E-state index in [1.54, 1.807) is 0 Å². The fourth-order valence-electron chi connectivity index (χ4n) is 4.39. The molecular formula is C23H32N2O4. The number of carbonyl (C=O) groups is 3. The molecule has 1 N–H and O–H groups in total. The van der Waals surface area contributed by atoms with Crippen LogP contribution in [0.5, 0.6) is 5.75 Å². The van der Waals surface area contributed by atoms with Crippen LogP contribution in [0.25, 0.3) is 0 Å². The van der Waals surface area contributed by atoms with Crippen molar-refractivity contribution in [3.8, 4) is 5.75 Å². The molecule has 1 saturated carbocycles. The van der Waals surface area contributed by atoms with Gasteiger partial charge in [-0.05, 0) is 62.8 Å². The molecule has 158 valence electrons. The summed E-state index contributed by atoms with van der Waals surface area (Å²) in [4.78, 5) is 38.3. The highest BCUT2D eigenvalue weighted by atomic mass is 16.5. The standard InChI is InChI=1S/C23H32N2O4/c1-15-13-16(2)17(3)20(14-15)29-12-6-10-24-21(26)9-11-25-22(27)18-7-4-5-8-19(18)23(25)28/h13-14,18-19H,4-12H2,1-3H3,(H,24,26)/t18-,19-/m0/s1. The lowest BCUT2D eigenvalue weighted by Crippen LogP contribution is -2.35. The number of rotatable bonds is 8. The van der Waals surface area contributed by atoms with Crippen LogP contribution in [0.2, 0.25) is 0 Å². The van der Waals surface area contributed by atoms with Crippen LogP contribution in [-0.2, 0) is 14.4 Å². The zero-order valence-electron chi connectivity index (χ0n) is 17.8. The molecule has 2 fully saturated rings. The van der Waals surface area contributed by atoms with Crippen molar-refractivity contribution in [2.24, 2.45) is 11.8 Å². The molecule has 0 bridgehead atoms. The fraction of sp³-hybridized carbons (Fsp3) is 0.609. The van der Waals surface area contributed by atoms with Crippen molar-refractivity contribution in [2.45, 2.75) is 59.3 Å². The second-order valence-electron chi connectivity index (χ2n) is 8.33. The van der Waals surface area contributed by atoms with Crippen LogP contribution in [0.3, 0.4) is 0 Å². The molecule has 1 aromatic carbocycles. The largest absolute Gasteiger partial charge is 0.493 e. The quantitative estimate of drug-likeness (QED) is 0.538. The Morgan fingerprint density at radius 2 is 1.76 bits per heavy atom. The SMILES string of the molecule is Cc1cc(C)c(C)c(OCCCNC(=O)CCN2C(=O)[C@H]3CCCC[C@@H]3C2=O)c1. The Balaban J connectivity index is 1.36. The van der Waals surface area contributed by atoms with Gasteiger partial charge in [0, 0.05) is 19.5 Å². The second-order valence-corrected chi connectivity index (χ2v) is 8.33. The van der Waals surface area contributed by atoms with Gasteiger partial charge in [-0.2, -0.15) is 0 Å². The first kappa shape index (κ1) is 21.3. The maximum atomic E-state index is 12.4. The number of imide groups is 1. The molecule has 1 heterocycles. The fourth-order valence-corrected chi connectivity index (χ4v) is 4.39. The van der Waals surface area contributed by atoms with Crippen LogP contribution in [-0.4, -0.2) is 42.3 Å². The smallest absolute Gasteiger partial charge is 0.233 e. The number of hydrogen-bond donors (Lipinski definition) is 1. The number of ether oxygens (including phenoxy) is 1. The first-order valence-corrected chi connectivity index (χ1v) is 10.7. The van der Waals surface area contributed by atoms with Gasteiger partial charge in [0.15, 0.2) is 0 Å². The van der Waals surface area contributed by atoms with Gasteiger partial charge in [-0.15, -0.1) is 0 Å². The zero-order valence-corrected chi connectivity index (χ0v) is 17.8. The summed E-state index contributed by atoms with van der Waals surface area (Å²) in [6.07, 6.45) is 4.49. The number of likely N-dealkylation sites (tertiary alicyclic amines) is 1. The average Bonchev–Trinajstić information content (AvgIpc) is 2.94. The third kappa shape index (κ3) is 4.98. The number of aryl methyl sites for hydroxylation is 2. The second kappa shape index (κ2) is 9.42. The van der Waals surface area contributed by atoms with Gasteiger partial charge in [0.1, 0.15) is 5.75 Å². The van der Waals surface area contributed by atoms with E-state index in [9.17, 15) is 14.4 Å². The number of fused-ring (bicyclic) bond motifs is 1. The normalized spacial score (nSPS) is 21.3. The van der Waals surface area contributed by atoms with E-state index < -0.39 is 0 Å². The summed E-state index contributed by atoms with van der Waals surface area (Å²) in [6.45, 7) is 7.38. The molecular weight excluding hydrogens is 368 g/mol. The maximum Gasteiger partial charge on any atom is 0.233 e. The molecule has 1 aromatic rings. The van der Waals surface area contributed by atoms with Gasteiger partial charge in [0.25, 0.3) is 0 Å². The van der Waals surface area contributed by atoms with Crippen LogP contribution in [0, 0.1) is 32.6 Å². The molecule has 3 amide bonds. The van der Waals surface area contributed by atoms with E-state index in [4.69, 9.17) is 4.74 Å². The summed E-state index contributed by atoms with van der Waals surface area (Å²) in [5.74, 6) is 0.300. The minimum absolute atomic E-state index is 0.0790. The van der Waals surface area contributed by atoms with Crippen molar-refractivity contribution in [3.05, 3.63) is 28.8 Å². The van der Waals surface area contributed by atoms with Gasteiger partial charge in [-0.1, -0.05) is 18.9 Å². The first-order valence-electron chi connectivity index (χ1n) is 10.7. The minimum atomic E-state index is -0.148. The van der Waals surface area contributed by atoms with Crippen molar-refractivity contribution in [1.29, 1.82) is 0 Å². The highest BCUT2D eigenvalue weighted by Crippen LogP contribution is 2.37. The highest BCUT2D eigenvalue weighted by molar-refractivity contribution is 6.05. The number of hydrogen-bond acceptors (Lipinski definition) is 4. The molecule has 0 unspecified atom stereocenters. The van der Waals surface area contributed by atoms with Gasteiger partial charge < -0.3 is 10.1 Å². The van der Waals surface area contributed by atoms with Crippen LogP contribution < -0.4 is 10.1 Å². The molecule has 2 atom stereocenters. The maximum absolute atomic E-state index is 12.4. The summed E-state index contributed by atoms with van der Waals surface area (Å²) in [6, 6.07) is 4.16. The van der Waals surface area contributed by atoms with E-state index in [0.717, 1.165) is 37.0 Å². The number of carbonyl (C=O) groups excluding carboxylic acids is 3. The predicted molar refractivity (Wildman–Crippen MR) is 111 cm³/mol. The van der Waals surface area contributed by atoms with E-state index in [2.05, 4.69) is 18.3 Å². The summed E-state index contributed by atoms with van der Waals surface area (Å²) in [7, 11) is 0. The van der Waals surface area contributed by atoms with Gasteiger partial charge in [0.2, 0.25) is 17.7 Å².